The minimum atomic E-state index is -0.690. The number of carbonyl (C=O) groups is 1. The first-order valence-electron chi connectivity index (χ1n) is 9.65. The van der Waals surface area contributed by atoms with Gasteiger partial charge in [-0.25, -0.2) is 9.97 Å². The molecule has 0 saturated carbocycles. The molecular weight excluding hydrogens is 384 g/mol. The number of rotatable bonds is 4. The molecule has 6 heteroatoms. The molecule has 29 heavy (non-hydrogen) atoms. The Labute approximate surface area is 176 Å². The van der Waals surface area contributed by atoms with Gasteiger partial charge in [-0.05, 0) is 5.56 Å². The Bertz CT molecular complexity index is 1010. The summed E-state index contributed by atoms with van der Waals surface area (Å²) in [5.41, 5.74) is 3.79. The number of halogens is 1. The number of carbonyl (C=O) groups excluding carboxylic acids is 1. The molecule has 5 nitrogen and oxygen atoms in total. The zero-order valence-electron chi connectivity index (χ0n) is 16.5. The van der Waals surface area contributed by atoms with Crippen molar-refractivity contribution in [3.63, 3.8) is 0 Å². The summed E-state index contributed by atoms with van der Waals surface area (Å²) in [6.45, 7) is 1.06. The molecule has 0 unspecified atom stereocenters. The van der Waals surface area contributed by atoms with E-state index in [0.29, 0.717) is 25.3 Å². The molecule has 3 aromatic rings. The highest BCUT2D eigenvalue weighted by atomic mass is 35.5. The van der Waals surface area contributed by atoms with Crippen molar-refractivity contribution in [2.24, 2.45) is 0 Å². The maximum absolute atomic E-state index is 13.0. The summed E-state index contributed by atoms with van der Waals surface area (Å²) in [5.74, 6) is 1.48. The molecule has 1 amide bonds. The third-order valence-corrected chi connectivity index (χ3v) is 5.55. The zero-order valence-corrected chi connectivity index (χ0v) is 17.3. The highest BCUT2D eigenvalue weighted by Crippen LogP contribution is 2.31. The molecule has 1 atom stereocenters. The van der Waals surface area contributed by atoms with E-state index in [0.717, 1.165) is 28.2 Å². The van der Waals surface area contributed by atoms with Crippen LogP contribution in [0.15, 0.2) is 60.7 Å². The van der Waals surface area contributed by atoms with Crippen molar-refractivity contribution in [2.75, 3.05) is 25.5 Å². The van der Waals surface area contributed by atoms with Crippen LogP contribution in [0.3, 0.4) is 0 Å². The molecule has 0 N–H and O–H groups in total. The van der Waals surface area contributed by atoms with Crippen LogP contribution in [0.1, 0.15) is 22.2 Å². The van der Waals surface area contributed by atoms with Crippen LogP contribution in [0, 0.1) is 0 Å². The molecule has 148 valence electrons. The van der Waals surface area contributed by atoms with Gasteiger partial charge in [-0.1, -0.05) is 60.7 Å². The molecule has 1 aliphatic heterocycles. The van der Waals surface area contributed by atoms with Gasteiger partial charge in [0.25, 0.3) is 0 Å². The standard InChI is InChI=1S/C23H23ClN4O/c1-27(2)22-18-15-28(23(29)20(24)16-9-5-3-6-10-16)14-13-19(18)25-21(26-22)17-11-7-4-8-12-17/h3-12,20H,13-15H2,1-2H3/t20-/m0/s1. The van der Waals surface area contributed by atoms with Crippen LogP contribution >= 0.6 is 11.6 Å². The van der Waals surface area contributed by atoms with E-state index < -0.39 is 5.38 Å². The Kier molecular flexibility index (Phi) is 5.49. The number of hydrogen-bond acceptors (Lipinski definition) is 4. The lowest BCUT2D eigenvalue weighted by Crippen LogP contribution is -2.39. The summed E-state index contributed by atoms with van der Waals surface area (Å²) in [6.07, 6.45) is 0.683. The number of hydrogen-bond donors (Lipinski definition) is 0. The minimum Gasteiger partial charge on any atom is -0.362 e. The molecule has 2 heterocycles. The first kappa shape index (κ1) is 19.4. The monoisotopic (exact) mass is 406 g/mol. The van der Waals surface area contributed by atoms with E-state index in [1.54, 1.807) is 0 Å². The molecule has 0 aliphatic carbocycles. The van der Waals surface area contributed by atoms with Crippen LogP contribution in [0.4, 0.5) is 5.82 Å². The quantitative estimate of drug-likeness (QED) is 0.613. The van der Waals surface area contributed by atoms with Crippen molar-refractivity contribution < 1.29 is 4.79 Å². The van der Waals surface area contributed by atoms with Crippen molar-refractivity contribution >= 4 is 23.3 Å². The van der Waals surface area contributed by atoms with Gasteiger partial charge in [0.15, 0.2) is 5.82 Å². The van der Waals surface area contributed by atoms with Crippen LogP contribution in [0.5, 0.6) is 0 Å². The molecule has 0 bridgehead atoms. The lowest BCUT2D eigenvalue weighted by atomic mass is 10.0. The van der Waals surface area contributed by atoms with Crippen molar-refractivity contribution in [3.05, 3.63) is 77.5 Å². The molecular formula is C23H23ClN4O. The predicted octanol–water partition coefficient (Wildman–Crippen LogP) is 4.07. The maximum Gasteiger partial charge on any atom is 0.245 e. The van der Waals surface area contributed by atoms with Gasteiger partial charge >= 0.3 is 0 Å². The van der Waals surface area contributed by atoms with Gasteiger partial charge < -0.3 is 9.80 Å². The molecule has 4 rings (SSSR count). The lowest BCUT2D eigenvalue weighted by Gasteiger charge is -2.32. The Hall–Kier alpha value is -2.92. The van der Waals surface area contributed by atoms with E-state index in [4.69, 9.17) is 21.6 Å². The van der Waals surface area contributed by atoms with Crippen LogP contribution in [-0.2, 0) is 17.8 Å². The number of anilines is 1. The van der Waals surface area contributed by atoms with Crippen LogP contribution in [0.2, 0.25) is 0 Å². The van der Waals surface area contributed by atoms with Gasteiger partial charge in [-0.3, -0.25) is 4.79 Å². The summed E-state index contributed by atoms with van der Waals surface area (Å²) in [6, 6.07) is 19.4. The molecule has 1 aromatic heterocycles. The zero-order chi connectivity index (χ0) is 20.4. The normalized spacial score (nSPS) is 14.2. The second-order valence-corrected chi connectivity index (χ2v) is 7.78. The van der Waals surface area contributed by atoms with Gasteiger partial charge in [0.2, 0.25) is 5.91 Å². The highest BCUT2D eigenvalue weighted by Gasteiger charge is 2.30. The van der Waals surface area contributed by atoms with Crippen molar-refractivity contribution in [1.82, 2.24) is 14.9 Å². The minimum absolute atomic E-state index is 0.0830. The lowest BCUT2D eigenvalue weighted by molar-refractivity contribution is -0.131. The summed E-state index contributed by atoms with van der Waals surface area (Å²) in [7, 11) is 3.93. The highest BCUT2D eigenvalue weighted by molar-refractivity contribution is 6.30. The average Bonchev–Trinajstić information content (AvgIpc) is 2.78. The van der Waals surface area contributed by atoms with E-state index in [-0.39, 0.29) is 5.91 Å². The Morgan fingerprint density at radius 2 is 1.69 bits per heavy atom. The van der Waals surface area contributed by atoms with E-state index >= 15 is 0 Å². The number of amides is 1. The maximum atomic E-state index is 13.0. The fourth-order valence-electron chi connectivity index (χ4n) is 3.60. The molecule has 2 aromatic carbocycles. The largest absolute Gasteiger partial charge is 0.362 e. The fourth-order valence-corrected chi connectivity index (χ4v) is 3.88. The predicted molar refractivity (Wildman–Crippen MR) is 116 cm³/mol. The van der Waals surface area contributed by atoms with Gasteiger partial charge in [-0.15, -0.1) is 11.6 Å². The SMILES string of the molecule is CN(C)c1nc(-c2ccccc2)nc2c1CN(C(=O)[C@@H](Cl)c1ccccc1)CC2. The van der Waals surface area contributed by atoms with Gasteiger partial charge in [0, 0.05) is 38.2 Å². The van der Waals surface area contributed by atoms with Crippen molar-refractivity contribution in [3.8, 4) is 11.4 Å². The summed E-state index contributed by atoms with van der Waals surface area (Å²) in [5, 5.41) is -0.690. The second kappa shape index (κ2) is 8.21. The van der Waals surface area contributed by atoms with E-state index in [1.165, 1.54) is 0 Å². The number of aromatic nitrogens is 2. The summed E-state index contributed by atoms with van der Waals surface area (Å²) >= 11 is 6.49. The Morgan fingerprint density at radius 3 is 2.34 bits per heavy atom. The Morgan fingerprint density at radius 1 is 1.03 bits per heavy atom. The number of nitrogens with zero attached hydrogens (tertiary/aromatic N) is 4. The topological polar surface area (TPSA) is 49.3 Å². The van der Waals surface area contributed by atoms with Gasteiger partial charge in [-0.2, -0.15) is 0 Å². The van der Waals surface area contributed by atoms with E-state index in [2.05, 4.69) is 0 Å². The Balaban J connectivity index is 1.64. The fraction of sp³-hybridized carbons (Fsp3) is 0.261. The molecule has 0 fully saturated rings. The molecule has 0 saturated heterocycles. The van der Waals surface area contributed by atoms with Crippen LogP contribution in [0.25, 0.3) is 11.4 Å². The average molecular weight is 407 g/mol. The van der Waals surface area contributed by atoms with Crippen LogP contribution < -0.4 is 4.90 Å². The van der Waals surface area contributed by atoms with E-state index in [1.807, 2.05) is 84.6 Å². The number of fused-ring (bicyclic) bond motifs is 1. The van der Waals surface area contributed by atoms with Crippen LogP contribution in [-0.4, -0.2) is 41.4 Å². The van der Waals surface area contributed by atoms with Crippen molar-refractivity contribution in [1.29, 1.82) is 0 Å². The number of benzene rings is 2. The first-order chi connectivity index (χ1) is 14.0. The molecule has 0 spiro atoms. The second-order valence-electron chi connectivity index (χ2n) is 7.34. The molecule has 1 aliphatic rings. The third-order valence-electron chi connectivity index (χ3n) is 5.11. The first-order valence-corrected chi connectivity index (χ1v) is 10.1. The number of alkyl halides is 1. The smallest absolute Gasteiger partial charge is 0.245 e. The van der Waals surface area contributed by atoms with Gasteiger partial charge in [0.1, 0.15) is 11.2 Å². The third kappa shape index (κ3) is 3.96. The van der Waals surface area contributed by atoms with Gasteiger partial charge in [0.05, 0.1) is 12.2 Å². The molecule has 0 radical (unpaired) electrons. The van der Waals surface area contributed by atoms with Crippen molar-refractivity contribution in [2.45, 2.75) is 18.3 Å². The summed E-state index contributed by atoms with van der Waals surface area (Å²) in [4.78, 5) is 26.4. The van der Waals surface area contributed by atoms with E-state index in [9.17, 15) is 4.79 Å². The summed E-state index contributed by atoms with van der Waals surface area (Å²) < 4.78 is 0.